The first kappa shape index (κ1) is 19.7. The zero-order chi connectivity index (χ0) is 19.5. The van der Waals surface area contributed by atoms with Crippen LogP contribution >= 0.6 is 0 Å². The molecule has 1 fully saturated rings. The number of piperazine rings is 1. The van der Waals surface area contributed by atoms with Crippen LogP contribution < -0.4 is 0 Å². The number of rotatable bonds is 3. The summed E-state index contributed by atoms with van der Waals surface area (Å²) in [7, 11) is 1.52. The Hall–Kier alpha value is -2.58. The molecule has 1 aromatic rings. The molecule has 0 aromatic heterocycles. The van der Waals surface area contributed by atoms with Gasteiger partial charge in [0.25, 0.3) is 5.91 Å². The molecule has 9 heteroatoms. The highest BCUT2D eigenvalue weighted by molar-refractivity contribution is 5.94. The number of nitrogens with zero attached hydrogens (tertiary/aromatic N) is 3. The molecule has 1 heterocycles. The van der Waals surface area contributed by atoms with Crippen LogP contribution in [0.3, 0.4) is 0 Å². The van der Waals surface area contributed by atoms with Gasteiger partial charge in [0.15, 0.2) is 0 Å². The maximum Gasteiger partial charge on any atom is 0.416 e. The van der Waals surface area contributed by atoms with Gasteiger partial charge in [-0.3, -0.25) is 14.4 Å². The second-order valence-corrected chi connectivity index (χ2v) is 6.13. The van der Waals surface area contributed by atoms with Gasteiger partial charge in [-0.1, -0.05) is 6.07 Å². The number of benzene rings is 1. The summed E-state index contributed by atoms with van der Waals surface area (Å²) in [4.78, 5) is 40.0. The monoisotopic (exact) mass is 371 g/mol. The molecule has 0 aliphatic carbocycles. The van der Waals surface area contributed by atoms with Crippen LogP contribution in [0.15, 0.2) is 24.3 Å². The number of hydrogen-bond acceptors (Lipinski definition) is 3. The summed E-state index contributed by atoms with van der Waals surface area (Å²) < 4.78 is 38.3. The Morgan fingerprint density at radius 2 is 1.65 bits per heavy atom. The van der Waals surface area contributed by atoms with Crippen LogP contribution in [0.4, 0.5) is 13.2 Å². The van der Waals surface area contributed by atoms with E-state index in [-0.39, 0.29) is 50.1 Å². The minimum absolute atomic E-state index is 0.0316. The lowest BCUT2D eigenvalue weighted by atomic mass is 10.1. The van der Waals surface area contributed by atoms with Gasteiger partial charge in [0, 0.05) is 45.7 Å². The van der Waals surface area contributed by atoms with Crippen LogP contribution in [0, 0.1) is 0 Å². The number of hydrogen-bond donors (Lipinski definition) is 0. The van der Waals surface area contributed by atoms with Crippen LogP contribution in [0.2, 0.25) is 0 Å². The largest absolute Gasteiger partial charge is 0.416 e. The molecule has 0 radical (unpaired) electrons. The molecule has 2 rings (SSSR count). The van der Waals surface area contributed by atoms with E-state index in [4.69, 9.17) is 0 Å². The van der Waals surface area contributed by atoms with E-state index in [2.05, 4.69) is 0 Å². The predicted octanol–water partition coefficient (Wildman–Crippen LogP) is 1.47. The quantitative estimate of drug-likeness (QED) is 0.809. The summed E-state index contributed by atoms with van der Waals surface area (Å²) >= 11 is 0. The van der Waals surface area contributed by atoms with E-state index >= 15 is 0 Å². The third-order valence-electron chi connectivity index (χ3n) is 4.27. The number of carbonyl (C=O) groups excluding carboxylic acids is 3. The Labute approximate surface area is 149 Å². The van der Waals surface area contributed by atoms with Gasteiger partial charge in [-0.25, -0.2) is 0 Å². The molecule has 26 heavy (non-hydrogen) atoms. The van der Waals surface area contributed by atoms with Gasteiger partial charge in [0.1, 0.15) is 0 Å². The topological polar surface area (TPSA) is 60.9 Å². The standard InChI is InChI=1S/C17H20F3N3O3/c1-12(24)21(2)11-15(25)22-6-8-23(9-7-22)16(26)13-4-3-5-14(10-13)17(18,19)20/h3-5,10H,6-9,11H2,1-2H3. The maximum atomic E-state index is 12.8. The summed E-state index contributed by atoms with van der Waals surface area (Å²) in [6.45, 7) is 2.32. The average Bonchev–Trinajstić information content (AvgIpc) is 2.60. The average molecular weight is 371 g/mol. The number of alkyl halides is 3. The second-order valence-electron chi connectivity index (χ2n) is 6.13. The molecule has 3 amide bonds. The van der Waals surface area contributed by atoms with Crippen molar-refractivity contribution in [2.24, 2.45) is 0 Å². The summed E-state index contributed by atoms with van der Waals surface area (Å²) in [5.74, 6) is -0.949. The minimum atomic E-state index is -4.51. The molecule has 0 saturated carbocycles. The van der Waals surface area contributed by atoms with E-state index < -0.39 is 17.6 Å². The van der Waals surface area contributed by atoms with Crippen molar-refractivity contribution in [3.8, 4) is 0 Å². The van der Waals surface area contributed by atoms with Crippen molar-refractivity contribution in [1.82, 2.24) is 14.7 Å². The number of likely N-dealkylation sites (N-methyl/N-ethyl adjacent to an activating group) is 1. The normalized spacial score (nSPS) is 15.0. The Balaban J connectivity index is 1.96. The summed E-state index contributed by atoms with van der Waals surface area (Å²) in [6, 6.07) is 4.30. The van der Waals surface area contributed by atoms with Gasteiger partial charge in [0.05, 0.1) is 12.1 Å². The number of amides is 3. The first-order valence-corrected chi connectivity index (χ1v) is 8.05. The lowest BCUT2D eigenvalue weighted by Gasteiger charge is -2.35. The first-order valence-electron chi connectivity index (χ1n) is 8.05. The molecular weight excluding hydrogens is 351 g/mol. The van der Waals surface area contributed by atoms with Crippen molar-refractivity contribution < 1.29 is 27.6 Å². The van der Waals surface area contributed by atoms with Crippen LogP contribution in [-0.4, -0.2) is 72.2 Å². The van der Waals surface area contributed by atoms with E-state index in [0.29, 0.717) is 0 Å². The van der Waals surface area contributed by atoms with Gasteiger partial charge in [0.2, 0.25) is 11.8 Å². The van der Waals surface area contributed by atoms with E-state index in [0.717, 1.165) is 12.1 Å². The van der Waals surface area contributed by atoms with Crippen LogP contribution in [0.1, 0.15) is 22.8 Å². The zero-order valence-electron chi connectivity index (χ0n) is 14.5. The number of halogens is 3. The molecule has 1 aliphatic heterocycles. The molecular formula is C17H20F3N3O3. The maximum absolute atomic E-state index is 12.8. The lowest BCUT2D eigenvalue weighted by Crippen LogP contribution is -2.52. The van der Waals surface area contributed by atoms with E-state index in [9.17, 15) is 27.6 Å². The zero-order valence-corrected chi connectivity index (χ0v) is 14.5. The van der Waals surface area contributed by atoms with Crippen molar-refractivity contribution in [1.29, 1.82) is 0 Å². The lowest BCUT2D eigenvalue weighted by molar-refractivity contribution is -0.139. The molecule has 0 spiro atoms. The van der Waals surface area contributed by atoms with Crippen LogP contribution in [0.5, 0.6) is 0 Å². The highest BCUT2D eigenvalue weighted by atomic mass is 19.4. The van der Waals surface area contributed by atoms with Crippen molar-refractivity contribution in [2.75, 3.05) is 39.8 Å². The Kier molecular flexibility index (Phi) is 5.89. The molecule has 0 unspecified atom stereocenters. The number of carbonyl (C=O) groups is 3. The predicted molar refractivity (Wildman–Crippen MR) is 87.2 cm³/mol. The van der Waals surface area contributed by atoms with Gasteiger partial charge in [-0.2, -0.15) is 13.2 Å². The summed E-state index contributed by atoms with van der Waals surface area (Å²) in [5.41, 5.74) is -0.902. The van der Waals surface area contributed by atoms with Gasteiger partial charge >= 0.3 is 6.18 Å². The highest BCUT2D eigenvalue weighted by Gasteiger charge is 2.32. The molecule has 0 bridgehead atoms. The summed E-state index contributed by atoms with van der Waals surface area (Å²) in [6.07, 6.45) is -4.51. The molecule has 1 aliphatic rings. The third kappa shape index (κ3) is 4.74. The Morgan fingerprint density at radius 3 is 2.19 bits per heavy atom. The van der Waals surface area contributed by atoms with E-state index in [1.165, 1.54) is 40.8 Å². The molecule has 1 aromatic carbocycles. The Bertz CT molecular complexity index is 698. The minimum Gasteiger partial charge on any atom is -0.338 e. The fraction of sp³-hybridized carbons (Fsp3) is 0.471. The van der Waals surface area contributed by atoms with Gasteiger partial charge in [-0.05, 0) is 18.2 Å². The molecule has 6 nitrogen and oxygen atoms in total. The van der Waals surface area contributed by atoms with Crippen LogP contribution in [-0.2, 0) is 15.8 Å². The van der Waals surface area contributed by atoms with Crippen molar-refractivity contribution in [2.45, 2.75) is 13.1 Å². The van der Waals surface area contributed by atoms with Gasteiger partial charge < -0.3 is 14.7 Å². The molecule has 0 N–H and O–H groups in total. The molecule has 142 valence electrons. The van der Waals surface area contributed by atoms with Gasteiger partial charge in [-0.15, -0.1) is 0 Å². The van der Waals surface area contributed by atoms with E-state index in [1.54, 1.807) is 0 Å². The van der Waals surface area contributed by atoms with E-state index in [1.807, 2.05) is 0 Å². The smallest absolute Gasteiger partial charge is 0.338 e. The van der Waals surface area contributed by atoms with Crippen molar-refractivity contribution >= 4 is 17.7 Å². The molecule has 0 atom stereocenters. The van der Waals surface area contributed by atoms with Crippen LogP contribution in [0.25, 0.3) is 0 Å². The second kappa shape index (κ2) is 7.76. The SMILES string of the molecule is CC(=O)N(C)CC(=O)N1CCN(C(=O)c2cccc(C(F)(F)F)c2)CC1. The van der Waals surface area contributed by atoms with Crippen molar-refractivity contribution in [3.05, 3.63) is 35.4 Å². The summed E-state index contributed by atoms with van der Waals surface area (Å²) in [5, 5.41) is 0. The first-order chi connectivity index (χ1) is 12.1. The molecule has 1 saturated heterocycles. The fourth-order valence-corrected chi connectivity index (χ4v) is 2.58. The third-order valence-corrected chi connectivity index (χ3v) is 4.27. The van der Waals surface area contributed by atoms with Crippen molar-refractivity contribution in [3.63, 3.8) is 0 Å². The fourth-order valence-electron chi connectivity index (χ4n) is 2.58. The highest BCUT2D eigenvalue weighted by Crippen LogP contribution is 2.29. The Morgan fingerprint density at radius 1 is 1.08 bits per heavy atom.